The van der Waals surface area contributed by atoms with Crippen LogP contribution in [0.5, 0.6) is 5.75 Å². The van der Waals surface area contributed by atoms with Crippen LogP contribution in [0.2, 0.25) is 0 Å². The van der Waals surface area contributed by atoms with Crippen molar-refractivity contribution in [3.8, 4) is 5.75 Å². The van der Waals surface area contributed by atoms with E-state index in [1.54, 1.807) is 24.3 Å². The smallest absolute Gasteiger partial charge is 0.287 e. The number of rotatable bonds is 6. The summed E-state index contributed by atoms with van der Waals surface area (Å²) in [6, 6.07) is 20.6. The summed E-state index contributed by atoms with van der Waals surface area (Å²) in [7, 11) is 0. The molecule has 3 aromatic carbocycles. The molecule has 0 aliphatic carbocycles. The van der Waals surface area contributed by atoms with Gasteiger partial charge >= 0.3 is 0 Å². The number of nitrogens with zero attached hydrogens (tertiary/aromatic N) is 3. The summed E-state index contributed by atoms with van der Waals surface area (Å²) in [6.45, 7) is -0.204. The fourth-order valence-electron chi connectivity index (χ4n) is 2.59. The Morgan fingerprint density at radius 3 is 2.67 bits per heavy atom. The van der Waals surface area contributed by atoms with Crippen molar-refractivity contribution >= 4 is 54.7 Å². The first kappa shape index (κ1) is 20.2. The minimum Gasteiger partial charge on any atom is -0.484 e. The minimum atomic E-state index is -0.379. The number of carbonyl (C=O) groups is 1. The lowest BCUT2D eigenvalue weighted by Gasteiger charge is -2.14. The lowest BCUT2D eigenvalue weighted by atomic mass is 10.2. The van der Waals surface area contributed by atoms with E-state index in [-0.39, 0.29) is 18.3 Å². The highest BCUT2D eigenvalue weighted by atomic mass is 79.9. The van der Waals surface area contributed by atoms with Crippen LogP contribution in [0.4, 0.5) is 9.52 Å². The summed E-state index contributed by atoms with van der Waals surface area (Å²) < 4.78 is 20.6. The van der Waals surface area contributed by atoms with Gasteiger partial charge in [0.2, 0.25) is 5.13 Å². The molecule has 0 aliphatic rings. The molecule has 0 bridgehead atoms. The molecule has 4 aromatic rings. The van der Waals surface area contributed by atoms with E-state index in [1.165, 1.54) is 34.7 Å². The van der Waals surface area contributed by atoms with Crippen molar-refractivity contribution < 1.29 is 13.9 Å². The maximum Gasteiger partial charge on any atom is 0.287 e. The normalized spacial score (nSPS) is 11.1. The number of carbonyl (C=O) groups excluding carboxylic acids is 1. The second-order valence-corrected chi connectivity index (χ2v) is 8.14. The number of fused-ring (bicyclic) bond motifs is 1. The second kappa shape index (κ2) is 9.15. The lowest BCUT2D eigenvalue weighted by Crippen LogP contribution is -2.30. The molecule has 0 saturated heterocycles. The molecule has 0 N–H and O–H groups in total. The average Bonchev–Trinajstić information content (AvgIpc) is 3.17. The Balaban J connectivity index is 1.62. The molecule has 0 atom stereocenters. The predicted molar refractivity (Wildman–Crippen MR) is 121 cm³/mol. The number of aromatic nitrogens is 1. The van der Waals surface area contributed by atoms with Crippen molar-refractivity contribution in [2.24, 2.45) is 5.10 Å². The third-order valence-corrected chi connectivity index (χ3v) is 5.54. The summed E-state index contributed by atoms with van der Waals surface area (Å²) in [5.74, 6) is -0.134. The second-order valence-electron chi connectivity index (χ2n) is 6.21. The van der Waals surface area contributed by atoms with Gasteiger partial charge in [0.05, 0.1) is 16.4 Å². The standard InChI is InChI=1S/C22H15BrFN3O2S/c23-16-8-11-19-20(12-16)30-22(26-19)27(25-13-15-6-9-17(24)10-7-15)21(28)14-29-18-4-2-1-3-5-18/h1-13H,14H2/b25-13+. The summed E-state index contributed by atoms with van der Waals surface area (Å²) in [4.78, 5) is 17.5. The first-order chi connectivity index (χ1) is 14.6. The van der Waals surface area contributed by atoms with Gasteiger partial charge in [-0.15, -0.1) is 0 Å². The van der Waals surface area contributed by atoms with Gasteiger partial charge in [-0.05, 0) is 48.0 Å². The van der Waals surface area contributed by atoms with E-state index in [0.29, 0.717) is 16.4 Å². The molecule has 0 radical (unpaired) electrons. The SMILES string of the molecule is O=C(COc1ccccc1)N(/N=C/c1ccc(F)cc1)c1nc2ccc(Br)cc2s1. The summed E-state index contributed by atoms with van der Waals surface area (Å²) in [5.41, 5.74) is 1.42. The van der Waals surface area contributed by atoms with Gasteiger partial charge in [0.15, 0.2) is 6.61 Å². The van der Waals surface area contributed by atoms with Gasteiger partial charge in [-0.2, -0.15) is 10.1 Å². The average molecular weight is 484 g/mol. The van der Waals surface area contributed by atoms with Crippen molar-refractivity contribution in [3.63, 3.8) is 0 Å². The topological polar surface area (TPSA) is 54.8 Å². The van der Waals surface area contributed by atoms with Crippen LogP contribution in [-0.4, -0.2) is 23.7 Å². The van der Waals surface area contributed by atoms with Crippen molar-refractivity contribution in [1.29, 1.82) is 0 Å². The number of amides is 1. The number of ether oxygens (including phenoxy) is 1. The molecule has 30 heavy (non-hydrogen) atoms. The Hall–Kier alpha value is -3.10. The number of halogens is 2. The van der Waals surface area contributed by atoms with E-state index in [0.717, 1.165) is 14.7 Å². The van der Waals surface area contributed by atoms with Crippen molar-refractivity contribution in [2.45, 2.75) is 0 Å². The fraction of sp³-hybridized carbons (Fsp3) is 0.0455. The molecule has 0 saturated carbocycles. The van der Waals surface area contributed by atoms with E-state index in [1.807, 2.05) is 36.4 Å². The van der Waals surface area contributed by atoms with Crippen LogP contribution in [-0.2, 0) is 4.79 Å². The third kappa shape index (κ3) is 4.90. The number of hydrogen-bond donors (Lipinski definition) is 0. The van der Waals surface area contributed by atoms with Crippen LogP contribution in [0.25, 0.3) is 10.2 Å². The zero-order chi connectivity index (χ0) is 20.9. The number of para-hydroxylation sites is 1. The molecule has 0 spiro atoms. The monoisotopic (exact) mass is 483 g/mol. The van der Waals surface area contributed by atoms with Crippen molar-refractivity contribution in [1.82, 2.24) is 4.98 Å². The number of hydrazone groups is 1. The first-order valence-electron chi connectivity index (χ1n) is 8.95. The Labute approximate surface area is 184 Å². The molecule has 1 heterocycles. The summed E-state index contributed by atoms with van der Waals surface area (Å²) >= 11 is 4.79. The van der Waals surface area contributed by atoms with Crippen LogP contribution in [0, 0.1) is 5.82 Å². The minimum absolute atomic E-state index is 0.204. The molecule has 5 nitrogen and oxygen atoms in total. The van der Waals surface area contributed by atoms with Gasteiger partial charge in [0, 0.05) is 4.47 Å². The van der Waals surface area contributed by atoms with Crippen LogP contribution >= 0.6 is 27.3 Å². The molecule has 4 rings (SSSR count). The number of hydrogen-bond acceptors (Lipinski definition) is 5. The fourth-order valence-corrected chi connectivity index (χ4v) is 4.09. The highest BCUT2D eigenvalue weighted by Gasteiger charge is 2.20. The highest BCUT2D eigenvalue weighted by molar-refractivity contribution is 9.10. The molecule has 8 heteroatoms. The highest BCUT2D eigenvalue weighted by Crippen LogP contribution is 2.31. The van der Waals surface area contributed by atoms with E-state index in [2.05, 4.69) is 26.0 Å². The quantitative estimate of drug-likeness (QED) is 0.263. The van der Waals surface area contributed by atoms with Crippen LogP contribution in [0.15, 0.2) is 82.4 Å². The zero-order valence-corrected chi connectivity index (χ0v) is 17.9. The number of thiazole rings is 1. The van der Waals surface area contributed by atoms with Gasteiger partial charge in [-0.3, -0.25) is 4.79 Å². The van der Waals surface area contributed by atoms with Gasteiger partial charge < -0.3 is 4.74 Å². The molecule has 1 aromatic heterocycles. The molecule has 150 valence electrons. The van der Waals surface area contributed by atoms with Gasteiger partial charge in [0.25, 0.3) is 5.91 Å². The maximum atomic E-state index is 13.2. The third-order valence-electron chi connectivity index (χ3n) is 4.05. The van der Waals surface area contributed by atoms with E-state index in [9.17, 15) is 9.18 Å². The molecule has 0 fully saturated rings. The van der Waals surface area contributed by atoms with Crippen molar-refractivity contribution in [2.75, 3.05) is 11.6 Å². The van der Waals surface area contributed by atoms with E-state index >= 15 is 0 Å². The van der Waals surface area contributed by atoms with Gasteiger partial charge in [-0.25, -0.2) is 9.37 Å². The van der Waals surface area contributed by atoms with Crippen molar-refractivity contribution in [3.05, 3.63) is 88.6 Å². The molecule has 0 aliphatic heterocycles. The van der Waals surface area contributed by atoms with Gasteiger partial charge in [0.1, 0.15) is 11.6 Å². The molecular formula is C22H15BrFN3O2S. The van der Waals surface area contributed by atoms with Crippen LogP contribution < -0.4 is 9.75 Å². The van der Waals surface area contributed by atoms with Crippen LogP contribution in [0.3, 0.4) is 0 Å². The Kier molecular flexibility index (Phi) is 6.15. The maximum absolute atomic E-state index is 13.2. The molecule has 1 amide bonds. The lowest BCUT2D eigenvalue weighted by molar-refractivity contribution is -0.120. The number of anilines is 1. The number of benzene rings is 3. The summed E-state index contributed by atoms with van der Waals surface area (Å²) in [6.07, 6.45) is 1.49. The Bertz CT molecular complexity index is 1200. The van der Waals surface area contributed by atoms with E-state index < -0.39 is 0 Å². The van der Waals surface area contributed by atoms with Crippen LogP contribution in [0.1, 0.15) is 5.56 Å². The predicted octanol–water partition coefficient (Wildman–Crippen LogP) is 5.64. The largest absolute Gasteiger partial charge is 0.484 e. The van der Waals surface area contributed by atoms with Gasteiger partial charge in [-0.1, -0.05) is 57.6 Å². The van der Waals surface area contributed by atoms with E-state index in [4.69, 9.17) is 4.74 Å². The Morgan fingerprint density at radius 2 is 1.90 bits per heavy atom. The first-order valence-corrected chi connectivity index (χ1v) is 10.6. The molecular weight excluding hydrogens is 469 g/mol. The zero-order valence-electron chi connectivity index (χ0n) is 15.5. The molecule has 0 unspecified atom stereocenters. The Morgan fingerprint density at radius 1 is 1.13 bits per heavy atom. The summed E-state index contributed by atoms with van der Waals surface area (Å²) in [5, 5.41) is 5.95.